The number of alkyl halides is 3. The third kappa shape index (κ3) is 5.12. The van der Waals surface area contributed by atoms with E-state index in [9.17, 15) is 22.4 Å². The number of carbonyl (C=O) groups excluding carboxylic acids is 1. The summed E-state index contributed by atoms with van der Waals surface area (Å²) in [5.41, 5.74) is 4.03. The zero-order valence-electron chi connectivity index (χ0n) is 12.0. The fourth-order valence-corrected chi connectivity index (χ4v) is 2.23. The van der Waals surface area contributed by atoms with E-state index >= 15 is 0 Å². The minimum Gasteiger partial charge on any atom is -0.330 e. The number of carbonyl (C=O) groups is 1. The highest BCUT2D eigenvalue weighted by Crippen LogP contribution is 2.32. The molecule has 0 amide bonds. The van der Waals surface area contributed by atoms with Crippen LogP contribution in [0.4, 0.5) is 17.6 Å². The van der Waals surface area contributed by atoms with Crippen molar-refractivity contribution >= 4 is 5.78 Å². The zero-order chi connectivity index (χ0) is 16.2. The molecule has 1 unspecified atom stereocenters. The summed E-state index contributed by atoms with van der Waals surface area (Å²) >= 11 is 0. The Bertz CT molecular complexity index is 497. The van der Waals surface area contributed by atoms with Crippen LogP contribution < -0.4 is 5.73 Å². The summed E-state index contributed by atoms with van der Waals surface area (Å²) in [4.78, 5) is 12.0. The normalized spacial score (nSPS) is 13.5. The van der Waals surface area contributed by atoms with Crippen LogP contribution in [0.1, 0.15) is 42.6 Å². The van der Waals surface area contributed by atoms with Crippen molar-refractivity contribution in [2.24, 2.45) is 17.6 Å². The molecule has 1 atom stereocenters. The van der Waals surface area contributed by atoms with Crippen molar-refractivity contribution in [2.45, 2.75) is 32.9 Å². The van der Waals surface area contributed by atoms with Crippen molar-refractivity contribution in [2.75, 3.05) is 6.54 Å². The minimum atomic E-state index is -4.81. The number of rotatable bonds is 6. The maximum atomic E-state index is 13.2. The van der Waals surface area contributed by atoms with E-state index in [2.05, 4.69) is 0 Å². The van der Waals surface area contributed by atoms with Crippen LogP contribution in [0.15, 0.2) is 18.2 Å². The molecule has 0 saturated carbocycles. The van der Waals surface area contributed by atoms with Crippen molar-refractivity contribution in [3.8, 4) is 0 Å². The molecular weight excluding hydrogens is 286 g/mol. The van der Waals surface area contributed by atoms with Gasteiger partial charge in [-0.05, 0) is 43.0 Å². The van der Waals surface area contributed by atoms with Crippen LogP contribution in [0.2, 0.25) is 0 Å². The fourth-order valence-electron chi connectivity index (χ4n) is 2.23. The van der Waals surface area contributed by atoms with Gasteiger partial charge in [0.25, 0.3) is 0 Å². The number of halogens is 4. The lowest BCUT2D eigenvalue weighted by atomic mass is 9.90. The van der Waals surface area contributed by atoms with E-state index in [-0.39, 0.29) is 24.4 Å². The third-order valence-corrected chi connectivity index (χ3v) is 3.21. The molecule has 6 heteroatoms. The molecule has 2 N–H and O–H groups in total. The van der Waals surface area contributed by atoms with E-state index < -0.39 is 23.3 Å². The molecule has 0 spiro atoms. The average molecular weight is 305 g/mol. The maximum Gasteiger partial charge on any atom is 0.419 e. The van der Waals surface area contributed by atoms with Gasteiger partial charge in [0.2, 0.25) is 0 Å². The molecule has 1 rings (SSSR count). The molecule has 0 saturated heterocycles. The molecule has 0 aliphatic carbocycles. The van der Waals surface area contributed by atoms with Gasteiger partial charge in [-0.25, -0.2) is 4.39 Å². The highest BCUT2D eigenvalue weighted by Gasteiger charge is 2.34. The monoisotopic (exact) mass is 305 g/mol. The van der Waals surface area contributed by atoms with E-state index in [0.717, 1.165) is 12.5 Å². The smallest absolute Gasteiger partial charge is 0.330 e. The summed E-state index contributed by atoms with van der Waals surface area (Å²) in [5.74, 6) is -1.57. The molecule has 1 aromatic rings. The van der Waals surface area contributed by atoms with Gasteiger partial charge in [0.1, 0.15) is 5.82 Å². The first-order chi connectivity index (χ1) is 9.65. The molecule has 0 bridgehead atoms. The molecule has 21 heavy (non-hydrogen) atoms. The highest BCUT2D eigenvalue weighted by molar-refractivity contribution is 5.96. The second kappa shape index (κ2) is 7.02. The summed E-state index contributed by atoms with van der Waals surface area (Å²) < 4.78 is 51.0. The van der Waals surface area contributed by atoms with Crippen LogP contribution >= 0.6 is 0 Å². The first-order valence-corrected chi connectivity index (χ1v) is 6.75. The third-order valence-electron chi connectivity index (χ3n) is 3.21. The summed E-state index contributed by atoms with van der Waals surface area (Å²) in [6.07, 6.45) is -4.03. The van der Waals surface area contributed by atoms with Gasteiger partial charge in [0, 0.05) is 12.0 Å². The lowest BCUT2D eigenvalue weighted by Gasteiger charge is -2.16. The molecule has 118 valence electrons. The summed E-state index contributed by atoms with van der Waals surface area (Å²) in [7, 11) is 0. The Kier molecular flexibility index (Phi) is 5.89. The molecule has 0 radical (unpaired) electrons. The van der Waals surface area contributed by atoms with Crippen LogP contribution in [0.5, 0.6) is 0 Å². The van der Waals surface area contributed by atoms with Crippen molar-refractivity contribution in [3.63, 3.8) is 0 Å². The van der Waals surface area contributed by atoms with Crippen LogP contribution in [-0.2, 0) is 6.18 Å². The standard InChI is InChI=1S/C15H19F4NO/c1-9(2)5-10(8-20)6-14(21)11-3-4-13(16)12(7-11)15(17,18)19/h3-4,7,9-10H,5-6,8,20H2,1-2H3. The largest absolute Gasteiger partial charge is 0.419 e. The highest BCUT2D eigenvalue weighted by atomic mass is 19.4. The maximum absolute atomic E-state index is 13.2. The van der Waals surface area contributed by atoms with E-state index in [1.54, 1.807) is 0 Å². The van der Waals surface area contributed by atoms with Gasteiger partial charge >= 0.3 is 6.18 Å². The lowest BCUT2D eigenvalue weighted by Crippen LogP contribution is -2.20. The summed E-state index contributed by atoms with van der Waals surface area (Å²) in [5, 5.41) is 0. The van der Waals surface area contributed by atoms with Gasteiger partial charge < -0.3 is 5.73 Å². The van der Waals surface area contributed by atoms with Crippen molar-refractivity contribution in [1.82, 2.24) is 0 Å². The van der Waals surface area contributed by atoms with Gasteiger partial charge in [-0.2, -0.15) is 13.2 Å². The number of hydrogen-bond donors (Lipinski definition) is 1. The van der Waals surface area contributed by atoms with Crippen LogP contribution in [0.25, 0.3) is 0 Å². The Balaban J connectivity index is 2.93. The van der Waals surface area contributed by atoms with Gasteiger partial charge in [-0.1, -0.05) is 13.8 Å². The summed E-state index contributed by atoms with van der Waals surface area (Å²) in [6, 6.07) is 2.33. The van der Waals surface area contributed by atoms with Gasteiger partial charge in [-0.3, -0.25) is 4.79 Å². The van der Waals surface area contributed by atoms with Crippen LogP contribution in [-0.4, -0.2) is 12.3 Å². The summed E-state index contributed by atoms with van der Waals surface area (Å²) in [6.45, 7) is 4.25. The molecule has 1 aromatic carbocycles. The first-order valence-electron chi connectivity index (χ1n) is 6.75. The number of benzene rings is 1. The predicted octanol–water partition coefficient (Wildman–Crippen LogP) is 4.04. The van der Waals surface area contributed by atoms with E-state index in [1.165, 1.54) is 0 Å². The van der Waals surface area contributed by atoms with Gasteiger partial charge in [-0.15, -0.1) is 0 Å². The van der Waals surface area contributed by atoms with E-state index in [0.29, 0.717) is 18.1 Å². The second-order valence-corrected chi connectivity index (χ2v) is 5.55. The molecule has 0 aliphatic heterocycles. The molecule has 0 aromatic heterocycles. The molecule has 0 heterocycles. The average Bonchev–Trinajstić information content (AvgIpc) is 2.36. The van der Waals surface area contributed by atoms with Crippen molar-refractivity contribution in [1.29, 1.82) is 0 Å². The Hall–Kier alpha value is -1.43. The Labute approximate surface area is 121 Å². The minimum absolute atomic E-state index is 0.0671. The lowest BCUT2D eigenvalue weighted by molar-refractivity contribution is -0.140. The molecule has 0 aliphatic rings. The first kappa shape index (κ1) is 17.6. The zero-order valence-corrected chi connectivity index (χ0v) is 12.0. The van der Waals surface area contributed by atoms with E-state index in [4.69, 9.17) is 5.73 Å². The molecular formula is C15H19F4NO. The van der Waals surface area contributed by atoms with Gasteiger partial charge in [0.05, 0.1) is 5.56 Å². The molecule has 0 fully saturated rings. The number of Topliss-reactive ketones (excluding diaryl/α,β-unsaturated/α-hetero) is 1. The van der Waals surface area contributed by atoms with Crippen molar-refractivity contribution < 1.29 is 22.4 Å². The number of ketones is 1. The topological polar surface area (TPSA) is 43.1 Å². The van der Waals surface area contributed by atoms with Crippen molar-refractivity contribution in [3.05, 3.63) is 35.1 Å². The predicted molar refractivity (Wildman–Crippen MR) is 72.3 cm³/mol. The Morgan fingerprint density at radius 3 is 2.38 bits per heavy atom. The number of nitrogens with two attached hydrogens (primary N) is 1. The Morgan fingerprint density at radius 1 is 1.29 bits per heavy atom. The molecule has 2 nitrogen and oxygen atoms in total. The quantitative estimate of drug-likeness (QED) is 0.637. The second-order valence-electron chi connectivity index (χ2n) is 5.55. The number of hydrogen-bond acceptors (Lipinski definition) is 2. The van der Waals surface area contributed by atoms with Crippen LogP contribution in [0.3, 0.4) is 0 Å². The van der Waals surface area contributed by atoms with E-state index in [1.807, 2.05) is 13.8 Å². The van der Waals surface area contributed by atoms with Gasteiger partial charge in [0.15, 0.2) is 5.78 Å². The van der Waals surface area contributed by atoms with Crippen LogP contribution in [0, 0.1) is 17.7 Å². The SMILES string of the molecule is CC(C)CC(CN)CC(=O)c1ccc(F)c(C(F)(F)F)c1. The fraction of sp³-hybridized carbons (Fsp3) is 0.533. The Morgan fingerprint density at radius 2 is 1.90 bits per heavy atom.